The minimum atomic E-state index is 0. The molecule has 0 unspecified atom stereocenters. The summed E-state index contributed by atoms with van der Waals surface area (Å²) < 4.78 is 17.0. The van der Waals surface area contributed by atoms with Crippen LogP contribution in [0.5, 0.6) is 17.2 Å². The summed E-state index contributed by atoms with van der Waals surface area (Å²) in [6, 6.07) is 13.8. The van der Waals surface area contributed by atoms with Gasteiger partial charge in [-0.05, 0) is 42.2 Å². The molecule has 0 saturated carbocycles. The van der Waals surface area contributed by atoms with Gasteiger partial charge in [-0.2, -0.15) is 0 Å². The van der Waals surface area contributed by atoms with Crippen molar-refractivity contribution in [2.45, 2.75) is 26.7 Å². The van der Waals surface area contributed by atoms with E-state index in [4.69, 9.17) is 19.9 Å². The molecule has 0 aromatic heterocycles. The minimum absolute atomic E-state index is 0. The van der Waals surface area contributed by atoms with Crippen LogP contribution in [-0.4, -0.2) is 32.3 Å². The summed E-state index contributed by atoms with van der Waals surface area (Å²) in [6.07, 6.45) is 1.69. The van der Waals surface area contributed by atoms with Crippen molar-refractivity contribution < 1.29 is 14.2 Å². The first kappa shape index (κ1) is 23.1. The van der Waals surface area contributed by atoms with Crippen LogP contribution in [0.4, 0.5) is 5.69 Å². The zero-order chi connectivity index (χ0) is 19.8. The highest BCUT2D eigenvalue weighted by Crippen LogP contribution is 2.32. The lowest BCUT2D eigenvalue weighted by atomic mass is 10.1. The molecular weight excluding hydrogens is 481 g/mol. The van der Waals surface area contributed by atoms with Crippen LogP contribution in [-0.2, 0) is 6.42 Å². The number of fused-ring (bicyclic) bond motifs is 1. The van der Waals surface area contributed by atoms with Crippen molar-refractivity contribution in [3.8, 4) is 17.2 Å². The average molecular weight is 511 g/mol. The number of ether oxygens (including phenoxy) is 3. The summed E-state index contributed by atoms with van der Waals surface area (Å²) in [5, 5.41) is 3.11. The third-order valence-corrected chi connectivity index (χ3v) is 4.21. The zero-order valence-electron chi connectivity index (χ0n) is 17.0. The Bertz CT molecular complexity index is 794. The Kier molecular flexibility index (Phi) is 9.37. The molecule has 0 aliphatic carbocycles. The van der Waals surface area contributed by atoms with E-state index in [0.717, 1.165) is 42.4 Å². The second-order valence-corrected chi connectivity index (χ2v) is 7.20. The molecule has 0 amide bonds. The maximum absolute atomic E-state index is 6.02. The Morgan fingerprint density at radius 1 is 1.10 bits per heavy atom. The van der Waals surface area contributed by atoms with Crippen molar-refractivity contribution >= 4 is 35.6 Å². The van der Waals surface area contributed by atoms with Crippen LogP contribution in [0.25, 0.3) is 0 Å². The number of hydrogen-bond donors (Lipinski definition) is 2. The lowest BCUT2D eigenvalue weighted by molar-refractivity contribution is 0.271. The number of hydrogen-bond acceptors (Lipinski definition) is 4. The fourth-order valence-electron chi connectivity index (χ4n) is 2.75. The van der Waals surface area contributed by atoms with Crippen molar-refractivity contribution in [1.29, 1.82) is 0 Å². The molecule has 1 aliphatic rings. The monoisotopic (exact) mass is 511 g/mol. The van der Waals surface area contributed by atoms with Gasteiger partial charge >= 0.3 is 0 Å². The van der Waals surface area contributed by atoms with Gasteiger partial charge in [0.05, 0.1) is 19.8 Å². The predicted molar refractivity (Wildman–Crippen MR) is 128 cm³/mol. The van der Waals surface area contributed by atoms with Gasteiger partial charge in [0.15, 0.2) is 17.5 Å². The third kappa shape index (κ3) is 7.64. The van der Waals surface area contributed by atoms with Gasteiger partial charge in [-0.25, -0.2) is 0 Å². The van der Waals surface area contributed by atoms with Crippen LogP contribution in [0, 0.1) is 5.92 Å². The first-order chi connectivity index (χ1) is 13.6. The number of nitrogens with two attached hydrogens (primary N) is 1. The molecule has 3 N–H and O–H groups in total. The van der Waals surface area contributed by atoms with E-state index in [1.54, 1.807) is 0 Å². The molecule has 2 aromatic carbocycles. The van der Waals surface area contributed by atoms with Gasteiger partial charge in [-0.1, -0.05) is 26.0 Å². The van der Waals surface area contributed by atoms with E-state index < -0.39 is 0 Å². The van der Waals surface area contributed by atoms with Crippen LogP contribution in [0.3, 0.4) is 0 Å². The second kappa shape index (κ2) is 11.7. The molecule has 0 saturated heterocycles. The van der Waals surface area contributed by atoms with E-state index in [9.17, 15) is 0 Å². The summed E-state index contributed by atoms with van der Waals surface area (Å²) in [4.78, 5) is 4.41. The number of guanidine groups is 1. The molecule has 6 nitrogen and oxygen atoms in total. The summed E-state index contributed by atoms with van der Waals surface area (Å²) in [5.41, 5.74) is 8.04. The number of anilines is 1. The predicted octanol–water partition coefficient (Wildman–Crippen LogP) is 4.47. The van der Waals surface area contributed by atoms with Gasteiger partial charge in [0, 0.05) is 24.7 Å². The van der Waals surface area contributed by atoms with E-state index in [0.29, 0.717) is 31.6 Å². The van der Waals surface area contributed by atoms with Gasteiger partial charge in [0.2, 0.25) is 0 Å². The molecular formula is C22H30IN3O3. The zero-order valence-corrected chi connectivity index (χ0v) is 19.3. The maximum atomic E-state index is 6.02. The number of nitrogens with zero attached hydrogens (tertiary/aromatic N) is 1. The highest BCUT2D eigenvalue weighted by Gasteiger charge is 2.10. The lowest BCUT2D eigenvalue weighted by Crippen LogP contribution is -2.23. The van der Waals surface area contributed by atoms with Crippen LogP contribution in [0.15, 0.2) is 47.5 Å². The van der Waals surface area contributed by atoms with Crippen LogP contribution in [0.2, 0.25) is 0 Å². The Morgan fingerprint density at radius 2 is 1.83 bits per heavy atom. The van der Waals surface area contributed by atoms with Gasteiger partial charge < -0.3 is 25.3 Å². The average Bonchev–Trinajstić information content (AvgIpc) is 2.92. The fourth-order valence-corrected chi connectivity index (χ4v) is 2.75. The molecule has 1 aliphatic heterocycles. The van der Waals surface area contributed by atoms with Gasteiger partial charge in [0.1, 0.15) is 5.75 Å². The molecule has 29 heavy (non-hydrogen) atoms. The van der Waals surface area contributed by atoms with Crippen molar-refractivity contribution in [3.05, 3.63) is 48.0 Å². The summed E-state index contributed by atoms with van der Waals surface area (Å²) >= 11 is 0. The number of nitrogens with one attached hydrogen (secondary N) is 1. The Balaban J connectivity index is 0.00000300. The van der Waals surface area contributed by atoms with Crippen LogP contribution < -0.4 is 25.3 Å². The molecule has 0 atom stereocenters. The molecule has 0 fully saturated rings. The standard InChI is InChI=1S/C22H29N3O3.HI/c1-16(2)15-28-19-7-4-17(5-8-19)10-11-24-22(23)25-18-6-9-20-21(14-18)27-13-3-12-26-20;/h4-9,14,16H,3,10-13,15H2,1-2H3,(H3,23,24,25);1H. The molecule has 1 heterocycles. The Hall–Kier alpha value is -2.16. The number of aliphatic imine (C=N–C) groups is 1. The minimum Gasteiger partial charge on any atom is -0.493 e. The van der Waals surface area contributed by atoms with E-state index in [2.05, 4.69) is 36.3 Å². The molecule has 158 valence electrons. The van der Waals surface area contributed by atoms with Gasteiger partial charge in [-0.15, -0.1) is 24.0 Å². The Labute approximate surface area is 189 Å². The van der Waals surface area contributed by atoms with Gasteiger partial charge in [0.25, 0.3) is 0 Å². The van der Waals surface area contributed by atoms with Gasteiger partial charge in [-0.3, -0.25) is 4.99 Å². The van der Waals surface area contributed by atoms with Crippen LogP contribution in [0.1, 0.15) is 25.8 Å². The molecule has 0 bridgehead atoms. The summed E-state index contributed by atoms with van der Waals surface area (Å²) in [7, 11) is 0. The third-order valence-electron chi connectivity index (χ3n) is 4.21. The van der Waals surface area contributed by atoms with E-state index in [1.165, 1.54) is 5.56 Å². The van der Waals surface area contributed by atoms with E-state index in [1.807, 2.05) is 30.3 Å². The molecule has 0 radical (unpaired) electrons. The number of benzene rings is 2. The Morgan fingerprint density at radius 3 is 2.55 bits per heavy atom. The molecule has 0 spiro atoms. The number of halogens is 1. The van der Waals surface area contributed by atoms with E-state index >= 15 is 0 Å². The number of rotatable bonds is 7. The SMILES string of the molecule is CC(C)COc1ccc(CCN=C(N)Nc2ccc3c(c2)OCCCO3)cc1.I. The summed E-state index contributed by atoms with van der Waals surface area (Å²) in [6.45, 7) is 6.94. The van der Waals surface area contributed by atoms with Crippen molar-refractivity contribution in [2.24, 2.45) is 16.6 Å². The smallest absolute Gasteiger partial charge is 0.193 e. The van der Waals surface area contributed by atoms with E-state index in [-0.39, 0.29) is 24.0 Å². The second-order valence-electron chi connectivity index (χ2n) is 7.20. The highest BCUT2D eigenvalue weighted by atomic mass is 127. The maximum Gasteiger partial charge on any atom is 0.193 e. The van der Waals surface area contributed by atoms with Crippen molar-refractivity contribution in [1.82, 2.24) is 0 Å². The first-order valence-electron chi connectivity index (χ1n) is 9.78. The highest BCUT2D eigenvalue weighted by molar-refractivity contribution is 14.0. The summed E-state index contributed by atoms with van der Waals surface area (Å²) in [5.74, 6) is 3.29. The first-order valence-corrected chi connectivity index (χ1v) is 9.78. The normalized spacial score (nSPS) is 13.4. The van der Waals surface area contributed by atoms with Crippen molar-refractivity contribution in [2.75, 3.05) is 31.7 Å². The van der Waals surface area contributed by atoms with Crippen molar-refractivity contribution in [3.63, 3.8) is 0 Å². The van der Waals surface area contributed by atoms with Crippen LogP contribution >= 0.6 is 24.0 Å². The topological polar surface area (TPSA) is 78.1 Å². The molecule has 2 aromatic rings. The molecule has 7 heteroatoms. The largest absolute Gasteiger partial charge is 0.493 e. The fraction of sp³-hybridized carbons (Fsp3) is 0.409. The molecule has 3 rings (SSSR count). The quantitative estimate of drug-likeness (QED) is 0.326. The lowest BCUT2D eigenvalue weighted by Gasteiger charge is -2.11.